The number of hydrogen-bond donors (Lipinski definition) is 1. The SMILES string of the molecule is Cc1ccccc1CN1CCN(C(=O)CN)CC1. The van der Waals surface area contributed by atoms with Gasteiger partial charge in [0.1, 0.15) is 0 Å². The summed E-state index contributed by atoms with van der Waals surface area (Å²) in [5.74, 6) is 0.0607. The van der Waals surface area contributed by atoms with Gasteiger partial charge in [0.2, 0.25) is 5.91 Å². The molecule has 1 aromatic rings. The summed E-state index contributed by atoms with van der Waals surface area (Å²) in [6, 6.07) is 8.46. The molecule has 0 aliphatic carbocycles. The van der Waals surface area contributed by atoms with Crippen LogP contribution in [0.1, 0.15) is 11.1 Å². The van der Waals surface area contributed by atoms with Crippen molar-refractivity contribution in [2.75, 3.05) is 32.7 Å². The van der Waals surface area contributed by atoms with Crippen molar-refractivity contribution in [1.82, 2.24) is 9.80 Å². The number of nitrogens with two attached hydrogens (primary N) is 1. The molecule has 0 radical (unpaired) electrons. The zero-order chi connectivity index (χ0) is 13.0. The molecule has 1 aromatic carbocycles. The van der Waals surface area contributed by atoms with Crippen molar-refractivity contribution >= 4 is 5.91 Å². The number of piperazine rings is 1. The second-order valence-electron chi connectivity index (χ2n) is 4.79. The van der Waals surface area contributed by atoms with Gasteiger partial charge in [0, 0.05) is 32.7 Å². The Morgan fingerprint density at radius 3 is 2.50 bits per heavy atom. The maximum absolute atomic E-state index is 11.5. The highest BCUT2D eigenvalue weighted by atomic mass is 16.2. The lowest BCUT2D eigenvalue weighted by Crippen LogP contribution is -2.49. The van der Waals surface area contributed by atoms with Crippen molar-refractivity contribution in [1.29, 1.82) is 0 Å². The Morgan fingerprint density at radius 2 is 1.89 bits per heavy atom. The van der Waals surface area contributed by atoms with E-state index >= 15 is 0 Å². The van der Waals surface area contributed by atoms with E-state index in [9.17, 15) is 4.79 Å². The lowest BCUT2D eigenvalue weighted by molar-refractivity contribution is -0.131. The summed E-state index contributed by atoms with van der Waals surface area (Å²) in [5.41, 5.74) is 8.08. The van der Waals surface area contributed by atoms with E-state index in [1.165, 1.54) is 11.1 Å². The predicted octanol–water partition coefficient (Wildman–Crippen LogP) is 0.598. The zero-order valence-electron chi connectivity index (χ0n) is 10.9. The van der Waals surface area contributed by atoms with Gasteiger partial charge < -0.3 is 10.6 Å². The quantitative estimate of drug-likeness (QED) is 0.851. The normalized spacial score (nSPS) is 16.9. The van der Waals surface area contributed by atoms with Gasteiger partial charge in [0.15, 0.2) is 0 Å². The van der Waals surface area contributed by atoms with Crippen LogP contribution in [0.3, 0.4) is 0 Å². The van der Waals surface area contributed by atoms with Crippen LogP contribution >= 0.6 is 0 Å². The second kappa shape index (κ2) is 5.98. The number of benzene rings is 1. The third-order valence-electron chi connectivity index (χ3n) is 3.55. The van der Waals surface area contributed by atoms with Crippen molar-refractivity contribution in [2.45, 2.75) is 13.5 Å². The molecule has 1 fully saturated rings. The fourth-order valence-electron chi connectivity index (χ4n) is 2.31. The fraction of sp³-hybridized carbons (Fsp3) is 0.500. The first-order chi connectivity index (χ1) is 8.70. The highest BCUT2D eigenvalue weighted by Gasteiger charge is 2.20. The molecule has 0 bridgehead atoms. The van der Waals surface area contributed by atoms with Crippen molar-refractivity contribution in [3.63, 3.8) is 0 Å². The number of nitrogens with zero attached hydrogens (tertiary/aromatic N) is 2. The second-order valence-corrected chi connectivity index (χ2v) is 4.79. The molecule has 1 amide bonds. The summed E-state index contributed by atoms with van der Waals surface area (Å²) in [4.78, 5) is 15.7. The lowest BCUT2D eigenvalue weighted by Gasteiger charge is -2.34. The summed E-state index contributed by atoms with van der Waals surface area (Å²) < 4.78 is 0. The third-order valence-corrected chi connectivity index (χ3v) is 3.55. The molecular formula is C14H21N3O. The average molecular weight is 247 g/mol. The number of carbonyl (C=O) groups is 1. The zero-order valence-corrected chi connectivity index (χ0v) is 10.9. The minimum atomic E-state index is 0.0607. The first kappa shape index (κ1) is 13.1. The highest BCUT2D eigenvalue weighted by Crippen LogP contribution is 2.12. The first-order valence-corrected chi connectivity index (χ1v) is 6.45. The molecule has 0 saturated carbocycles. The summed E-state index contributed by atoms with van der Waals surface area (Å²) >= 11 is 0. The Kier molecular flexibility index (Phi) is 4.33. The first-order valence-electron chi connectivity index (χ1n) is 6.45. The van der Waals surface area contributed by atoms with E-state index < -0.39 is 0 Å². The van der Waals surface area contributed by atoms with E-state index in [0.717, 1.165) is 32.7 Å². The van der Waals surface area contributed by atoms with Crippen LogP contribution in [-0.4, -0.2) is 48.4 Å². The maximum atomic E-state index is 11.5. The van der Waals surface area contributed by atoms with Crippen LogP contribution in [0.15, 0.2) is 24.3 Å². The Balaban J connectivity index is 1.87. The fourth-order valence-corrected chi connectivity index (χ4v) is 2.31. The van der Waals surface area contributed by atoms with Gasteiger partial charge in [0.25, 0.3) is 0 Å². The molecule has 98 valence electrons. The minimum Gasteiger partial charge on any atom is -0.339 e. The number of rotatable bonds is 3. The molecule has 4 nitrogen and oxygen atoms in total. The highest BCUT2D eigenvalue weighted by molar-refractivity contribution is 5.78. The van der Waals surface area contributed by atoms with Gasteiger partial charge in [0.05, 0.1) is 6.54 Å². The molecule has 2 rings (SSSR count). The van der Waals surface area contributed by atoms with Gasteiger partial charge in [-0.05, 0) is 18.1 Å². The molecule has 1 aliphatic heterocycles. The van der Waals surface area contributed by atoms with Crippen LogP contribution < -0.4 is 5.73 Å². The van der Waals surface area contributed by atoms with E-state index in [4.69, 9.17) is 5.73 Å². The van der Waals surface area contributed by atoms with Crippen LogP contribution in [0.5, 0.6) is 0 Å². The number of amides is 1. The lowest BCUT2D eigenvalue weighted by atomic mass is 10.1. The molecule has 0 aromatic heterocycles. The van der Waals surface area contributed by atoms with E-state index in [1.807, 2.05) is 4.90 Å². The van der Waals surface area contributed by atoms with E-state index in [2.05, 4.69) is 36.1 Å². The van der Waals surface area contributed by atoms with E-state index in [-0.39, 0.29) is 12.5 Å². The molecule has 4 heteroatoms. The summed E-state index contributed by atoms with van der Waals surface area (Å²) in [5, 5.41) is 0. The Morgan fingerprint density at radius 1 is 1.22 bits per heavy atom. The smallest absolute Gasteiger partial charge is 0.236 e. The average Bonchev–Trinajstić information content (AvgIpc) is 2.41. The van der Waals surface area contributed by atoms with Crippen molar-refractivity contribution in [2.24, 2.45) is 5.73 Å². The molecule has 0 spiro atoms. The van der Waals surface area contributed by atoms with Crippen molar-refractivity contribution in [3.05, 3.63) is 35.4 Å². The van der Waals surface area contributed by atoms with Gasteiger partial charge in [-0.3, -0.25) is 9.69 Å². The summed E-state index contributed by atoms with van der Waals surface area (Å²) in [7, 11) is 0. The topological polar surface area (TPSA) is 49.6 Å². The summed E-state index contributed by atoms with van der Waals surface area (Å²) in [6.07, 6.45) is 0. The number of carbonyl (C=O) groups excluding carboxylic acids is 1. The minimum absolute atomic E-state index is 0.0607. The molecular weight excluding hydrogens is 226 g/mol. The molecule has 1 saturated heterocycles. The van der Waals surface area contributed by atoms with E-state index in [0.29, 0.717) is 0 Å². The van der Waals surface area contributed by atoms with Crippen LogP contribution in [0.4, 0.5) is 0 Å². The monoisotopic (exact) mass is 247 g/mol. The molecule has 0 atom stereocenters. The summed E-state index contributed by atoms with van der Waals surface area (Å²) in [6.45, 7) is 6.68. The Bertz CT molecular complexity index is 411. The largest absolute Gasteiger partial charge is 0.339 e. The Labute approximate surface area is 108 Å². The van der Waals surface area contributed by atoms with Crippen LogP contribution in [0.2, 0.25) is 0 Å². The third kappa shape index (κ3) is 3.09. The van der Waals surface area contributed by atoms with Gasteiger partial charge >= 0.3 is 0 Å². The van der Waals surface area contributed by atoms with Gasteiger partial charge in [-0.15, -0.1) is 0 Å². The van der Waals surface area contributed by atoms with Crippen LogP contribution in [0.25, 0.3) is 0 Å². The molecule has 1 aliphatic rings. The van der Waals surface area contributed by atoms with Gasteiger partial charge in [-0.25, -0.2) is 0 Å². The molecule has 18 heavy (non-hydrogen) atoms. The Hall–Kier alpha value is -1.39. The number of hydrogen-bond acceptors (Lipinski definition) is 3. The van der Waals surface area contributed by atoms with Crippen molar-refractivity contribution < 1.29 is 4.79 Å². The predicted molar refractivity (Wildman–Crippen MR) is 72.1 cm³/mol. The van der Waals surface area contributed by atoms with Crippen LogP contribution in [0, 0.1) is 6.92 Å². The van der Waals surface area contributed by atoms with E-state index in [1.54, 1.807) is 0 Å². The maximum Gasteiger partial charge on any atom is 0.236 e. The van der Waals surface area contributed by atoms with Gasteiger partial charge in [-0.2, -0.15) is 0 Å². The van der Waals surface area contributed by atoms with Crippen LogP contribution in [-0.2, 0) is 11.3 Å². The molecule has 0 unspecified atom stereocenters. The standard InChI is InChI=1S/C14H21N3O/c1-12-4-2-3-5-13(12)11-16-6-8-17(9-7-16)14(18)10-15/h2-5H,6-11,15H2,1H3. The number of aryl methyl sites for hydroxylation is 1. The molecule has 1 heterocycles. The van der Waals surface area contributed by atoms with Crippen molar-refractivity contribution in [3.8, 4) is 0 Å². The van der Waals surface area contributed by atoms with Gasteiger partial charge in [-0.1, -0.05) is 24.3 Å². The molecule has 2 N–H and O–H groups in total.